The second-order valence-corrected chi connectivity index (χ2v) is 7.54. The highest BCUT2D eigenvalue weighted by Crippen LogP contribution is 2.54. The van der Waals surface area contributed by atoms with Gasteiger partial charge in [-0.25, -0.2) is 4.39 Å². The SMILES string of the molecule is C[C@H]1[C@H](c2ccc(F)c(F)c2O)[C@@H](C(=O)Nc2ccnc(C(N)=O)c2)O[C@@]1(C)C(F)(F)F. The number of primary amides is 1. The molecular weight excluding hydrogens is 441 g/mol. The summed E-state index contributed by atoms with van der Waals surface area (Å²) < 4.78 is 74.0. The molecule has 0 aliphatic carbocycles. The van der Waals surface area contributed by atoms with Gasteiger partial charge in [-0.15, -0.1) is 0 Å². The summed E-state index contributed by atoms with van der Waals surface area (Å²) in [6.07, 6.45) is -5.63. The van der Waals surface area contributed by atoms with Gasteiger partial charge in [0, 0.05) is 29.3 Å². The van der Waals surface area contributed by atoms with Crippen LogP contribution in [0.4, 0.5) is 27.6 Å². The molecule has 2 heterocycles. The van der Waals surface area contributed by atoms with Crippen molar-refractivity contribution in [2.75, 3.05) is 5.32 Å². The van der Waals surface area contributed by atoms with Gasteiger partial charge in [-0.05, 0) is 25.1 Å². The molecule has 1 aliphatic heterocycles. The lowest BCUT2D eigenvalue weighted by Crippen LogP contribution is -2.47. The van der Waals surface area contributed by atoms with Gasteiger partial charge in [0.25, 0.3) is 11.8 Å². The van der Waals surface area contributed by atoms with Crippen LogP contribution in [0, 0.1) is 17.6 Å². The zero-order valence-electron chi connectivity index (χ0n) is 16.7. The van der Waals surface area contributed by atoms with Crippen LogP contribution in [0.2, 0.25) is 0 Å². The number of aromatic hydroxyl groups is 1. The Balaban J connectivity index is 2.05. The summed E-state index contributed by atoms with van der Waals surface area (Å²) in [4.78, 5) is 27.9. The highest BCUT2D eigenvalue weighted by molar-refractivity contribution is 5.97. The minimum Gasteiger partial charge on any atom is -0.505 e. The first-order chi connectivity index (χ1) is 14.8. The third kappa shape index (κ3) is 3.85. The number of benzene rings is 1. The Bertz CT molecular complexity index is 1080. The molecule has 1 saturated heterocycles. The van der Waals surface area contributed by atoms with Crippen LogP contribution in [-0.4, -0.2) is 39.8 Å². The Hall–Kier alpha value is -3.28. The smallest absolute Gasteiger partial charge is 0.417 e. The lowest BCUT2D eigenvalue weighted by atomic mass is 9.77. The second kappa shape index (κ2) is 8.01. The van der Waals surface area contributed by atoms with Gasteiger partial charge in [-0.1, -0.05) is 13.0 Å². The number of alkyl halides is 3. The number of amides is 2. The largest absolute Gasteiger partial charge is 0.505 e. The van der Waals surface area contributed by atoms with E-state index in [0.29, 0.717) is 6.07 Å². The summed E-state index contributed by atoms with van der Waals surface area (Å²) in [5, 5.41) is 12.4. The van der Waals surface area contributed by atoms with Crippen LogP contribution in [0.25, 0.3) is 0 Å². The summed E-state index contributed by atoms with van der Waals surface area (Å²) in [6, 6.07) is 3.90. The molecule has 0 saturated carbocycles. The number of hydrogen-bond donors (Lipinski definition) is 3. The Kier molecular flexibility index (Phi) is 5.85. The Morgan fingerprint density at radius 2 is 1.91 bits per heavy atom. The number of carbonyl (C=O) groups is 2. The van der Waals surface area contributed by atoms with Crippen molar-refractivity contribution in [2.45, 2.75) is 37.6 Å². The van der Waals surface area contributed by atoms with E-state index in [1.54, 1.807) is 0 Å². The number of aromatic nitrogens is 1. The molecule has 0 unspecified atom stereocenters. The van der Waals surface area contributed by atoms with E-state index in [1.807, 2.05) is 0 Å². The Labute approximate surface area is 178 Å². The van der Waals surface area contributed by atoms with Gasteiger partial charge in [0.1, 0.15) is 11.8 Å². The van der Waals surface area contributed by atoms with Crippen molar-refractivity contribution in [2.24, 2.45) is 11.7 Å². The first kappa shape index (κ1) is 23.4. The van der Waals surface area contributed by atoms with E-state index in [1.165, 1.54) is 6.07 Å². The number of carbonyl (C=O) groups excluding carboxylic acids is 2. The molecule has 1 aliphatic rings. The van der Waals surface area contributed by atoms with Crippen molar-refractivity contribution in [3.8, 4) is 5.75 Å². The zero-order chi connectivity index (χ0) is 24.0. The van der Waals surface area contributed by atoms with Crippen molar-refractivity contribution in [1.82, 2.24) is 4.98 Å². The van der Waals surface area contributed by atoms with Crippen molar-refractivity contribution < 1.29 is 41.4 Å². The van der Waals surface area contributed by atoms with E-state index < -0.39 is 64.5 Å². The van der Waals surface area contributed by atoms with E-state index >= 15 is 0 Å². The van der Waals surface area contributed by atoms with Crippen LogP contribution in [-0.2, 0) is 9.53 Å². The number of nitrogens with zero attached hydrogens (tertiary/aromatic N) is 1. The van der Waals surface area contributed by atoms with Crippen LogP contribution in [0.15, 0.2) is 30.5 Å². The maximum absolute atomic E-state index is 14.0. The van der Waals surface area contributed by atoms with Crippen molar-refractivity contribution in [1.29, 1.82) is 0 Å². The molecule has 0 bridgehead atoms. The van der Waals surface area contributed by atoms with Gasteiger partial charge >= 0.3 is 6.18 Å². The molecule has 1 aromatic carbocycles. The maximum Gasteiger partial charge on any atom is 0.417 e. The quantitative estimate of drug-likeness (QED) is 0.608. The lowest BCUT2D eigenvalue weighted by Gasteiger charge is -2.31. The number of ether oxygens (including phenoxy) is 1. The molecule has 172 valence electrons. The van der Waals surface area contributed by atoms with Crippen molar-refractivity contribution in [3.63, 3.8) is 0 Å². The van der Waals surface area contributed by atoms with Crippen molar-refractivity contribution >= 4 is 17.5 Å². The molecule has 7 nitrogen and oxygen atoms in total. The van der Waals surface area contributed by atoms with E-state index in [4.69, 9.17) is 10.5 Å². The number of phenols is 1. The van der Waals surface area contributed by atoms with Crippen molar-refractivity contribution in [3.05, 3.63) is 53.4 Å². The number of pyridine rings is 1. The third-order valence-electron chi connectivity index (χ3n) is 5.67. The molecule has 32 heavy (non-hydrogen) atoms. The molecular formula is C20H18F5N3O4. The van der Waals surface area contributed by atoms with Gasteiger partial charge in [0.05, 0.1) is 0 Å². The number of anilines is 1. The number of halogens is 5. The van der Waals surface area contributed by atoms with Gasteiger partial charge in [-0.2, -0.15) is 17.6 Å². The zero-order valence-corrected chi connectivity index (χ0v) is 16.7. The number of rotatable bonds is 4. The first-order valence-corrected chi connectivity index (χ1v) is 9.26. The molecule has 1 aromatic heterocycles. The lowest BCUT2D eigenvalue weighted by molar-refractivity contribution is -0.272. The summed E-state index contributed by atoms with van der Waals surface area (Å²) in [5.74, 6) is -9.22. The van der Waals surface area contributed by atoms with Gasteiger partial charge in [0.15, 0.2) is 17.2 Å². The van der Waals surface area contributed by atoms with Gasteiger partial charge < -0.3 is 20.9 Å². The molecule has 0 radical (unpaired) electrons. The van der Waals surface area contributed by atoms with Crippen LogP contribution in [0.1, 0.15) is 35.8 Å². The molecule has 2 aromatic rings. The molecule has 4 atom stereocenters. The highest BCUT2D eigenvalue weighted by Gasteiger charge is 2.65. The molecule has 4 N–H and O–H groups in total. The van der Waals surface area contributed by atoms with E-state index in [-0.39, 0.29) is 11.4 Å². The number of nitrogens with two attached hydrogens (primary N) is 1. The van der Waals surface area contributed by atoms with Crippen LogP contribution < -0.4 is 11.1 Å². The molecule has 3 rings (SSSR count). The highest BCUT2D eigenvalue weighted by atomic mass is 19.4. The summed E-state index contributed by atoms with van der Waals surface area (Å²) in [7, 11) is 0. The summed E-state index contributed by atoms with van der Waals surface area (Å²) in [5.41, 5.74) is 1.64. The van der Waals surface area contributed by atoms with Gasteiger partial charge in [-0.3, -0.25) is 14.6 Å². The fourth-order valence-corrected chi connectivity index (χ4v) is 3.70. The van der Waals surface area contributed by atoms with E-state index in [0.717, 1.165) is 32.2 Å². The molecule has 1 fully saturated rings. The van der Waals surface area contributed by atoms with Gasteiger partial charge in [0.2, 0.25) is 5.82 Å². The normalized spacial score (nSPS) is 25.5. The number of nitrogens with one attached hydrogen (secondary N) is 1. The average molecular weight is 459 g/mol. The Morgan fingerprint density at radius 1 is 1.25 bits per heavy atom. The average Bonchev–Trinajstić information content (AvgIpc) is 2.99. The Morgan fingerprint density at radius 3 is 2.50 bits per heavy atom. The maximum atomic E-state index is 14.0. The number of hydrogen-bond acceptors (Lipinski definition) is 5. The summed E-state index contributed by atoms with van der Waals surface area (Å²) >= 11 is 0. The standard InChI is InChI=1S/C20H18F5N3O4/c1-8-13(10-3-4-11(21)14(22)15(10)29)16(32-19(8,2)20(23,24)25)18(31)28-9-5-6-27-12(7-9)17(26)30/h3-8,13,16,29H,1-2H3,(H2,26,30)(H,27,28,31)/t8-,13+,16-,19+/m0/s1. The predicted octanol–water partition coefficient (Wildman–Crippen LogP) is 3.24. The predicted molar refractivity (Wildman–Crippen MR) is 101 cm³/mol. The van der Waals surface area contributed by atoms with E-state index in [2.05, 4.69) is 10.3 Å². The summed E-state index contributed by atoms with van der Waals surface area (Å²) in [6.45, 7) is 1.86. The fourth-order valence-electron chi connectivity index (χ4n) is 3.70. The molecule has 0 spiro atoms. The van der Waals surface area contributed by atoms with Crippen LogP contribution in [0.3, 0.4) is 0 Å². The van der Waals surface area contributed by atoms with Crippen LogP contribution in [0.5, 0.6) is 5.75 Å². The topological polar surface area (TPSA) is 115 Å². The monoisotopic (exact) mass is 459 g/mol. The first-order valence-electron chi connectivity index (χ1n) is 9.26. The fraction of sp³-hybridized carbons (Fsp3) is 0.350. The van der Waals surface area contributed by atoms with E-state index in [9.17, 15) is 36.6 Å². The van der Waals surface area contributed by atoms with Crippen LogP contribution >= 0.6 is 0 Å². The minimum absolute atomic E-state index is 0.0103. The number of phenolic OH excluding ortho intramolecular Hbond substituents is 1. The second-order valence-electron chi connectivity index (χ2n) is 7.54. The molecule has 2 amide bonds. The third-order valence-corrected chi connectivity index (χ3v) is 5.67. The molecule has 12 heteroatoms. The minimum atomic E-state index is -4.93.